The quantitative estimate of drug-likeness (QED) is 0.0193. The summed E-state index contributed by atoms with van der Waals surface area (Å²) in [5.74, 6) is -0.938. The number of carbonyl (C=O) groups excluding carboxylic acids is 5. The topological polar surface area (TPSA) is 187 Å². The van der Waals surface area contributed by atoms with Crippen LogP contribution in [0.1, 0.15) is 70.8 Å². The van der Waals surface area contributed by atoms with E-state index in [1.165, 1.54) is 13.2 Å². The highest BCUT2D eigenvalue weighted by Crippen LogP contribution is 2.41. The second-order valence-corrected chi connectivity index (χ2v) is 11.9. The molecule has 0 unspecified atom stereocenters. The van der Waals surface area contributed by atoms with Crippen molar-refractivity contribution in [3.8, 4) is 0 Å². The first kappa shape index (κ1) is 50.5. The first-order valence-electron chi connectivity index (χ1n) is 17.6. The predicted octanol–water partition coefficient (Wildman–Crippen LogP) is 3.91. The normalized spacial score (nSPS) is 12.6. The summed E-state index contributed by atoms with van der Waals surface area (Å²) in [6.45, 7) is 15.5. The minimum absolute atomic E-state index is 0.0854. The maximum atomic E-state index is 13.5. The molecule has 14 heteroatoms. The Balaban J connectivity index is 0. The van der Waals surface area contributed by atoms with Crippen LogP contribution in [0.2, 0.25) is 0 Å². The SMILES string of the molecule is C/C=C\C.C=CC(=C)OCc1ccc(NC(=O)/C(=C/CCCN(C)C)NC(=O)C2(C(=O)NCCCCCNC(=O)CNOC)CCC2)cc1.C=O.CO. The van der Waals surface area contributed by atoms with Crippen molar-refractivity contribution >= 4 is 36.1 Å². The van der Waals surface area contributed by atoms with Crippen molar-refractivity contribution in [2.24, 2.45) is 5.41 Å². The molecule has 2 rings (SSSR count). The Morgan fingerprint density at radius 3 is 2.04 bits per heavy atom. The van der Waals surface area contributed by atoms with Crippen LogP contribution in [0.15, 0.2) is 73.2 Å². The van der Waals surface area contributed by atoms with Crippen LogP contribution in [0.25, 0.3) is 0 Å². The molecule has 0 aromatic heterocycles. The summed E-state index contributed by atoms with van der Waals surface area (Å²) >= 11 is 0. The average Bonchev–Trinajstić information content (AvgIpc) is 3.15. The monoisotopic (exact) mass is 744 g/mol. The van der Waals surface area contributed by atoms with E-state index in [0.717, 1.165) is 44.9 Å². The fourth-order valence-electron chi connectivity index (χ4n) is 4.53. The van der Waals surface area contributed by atoms with E-state index in [2.05, 4.69) is 44.7 Å². The van der Waals surface area contributed by atoms with E-state index in [4.69, 9.17) is 14.6 Å². The molecule has 14 nitrogen and oxygen atoms in total. The van der Waals surface area contributed by atoms with Crippen molar-refractivity contribution in [1.82, 2.24) is 26.3 Å². The molecule has 1 fully saturated rings. The molecule has 0 radical (unpaired) electrons. The zero-order valence-electron chi connectivity index (χ0n) is 32.7. The molecule has 0 spiro atoms. The standard InChI is InChI=1S/C33H50N6O6.C4H8.CH4O.CH2O/c1-6-25(2)45-24-26-14-16-27(17-15-26)37-30(41)28(13-8-11-22-39(3)4)38-32(43)33(18-12-19-33)31(42)35-21-10-7-9-20-34-29(40)23-36-44-5;1-3-4-2;2*1-2/h6,13-17,36H,1-2,7-12,18-24H2,3-5H3,(H,34,40)(H,35,42)(H,37,41)(H,38,43);3-4H,1-2H3;2H,1H3;1H2/b28-13-;4-3-;;. The van der Waals surface area contributed by atoms with Gasteiger partial charge in [-0.1, -0.05) is 49.9 Å². The van der Waals surface area contributed by atoms with Crippen molar-refractivity contribution in [2.45, 2.75) is 71.8 Å². The van der Waals surface area contributed by atoms with Crippen LogP contribution in [-0.4, -0.2) is 94.9 Å². The molecule has 4 amide bonds. The number of ether oxygens (including phenoxy) is 1. The molecule has 1 aliphatic rings. The van der Waals surface area contributed by atoms with E-state index in [0.29, 0.717) is 56.8 Å². The molecule has 53 heavy (non-hydrogen) atoms. The molecule has 0 heterocycles. The van der Waals surface area contributed by atoms with Gasteiger partial charge in [-0.25, -0.2) is 0 Å². The minimum Gasteiger partial charge on any atom is -0.490 e. The number of hydrogen-bond acceptors (Lipinski definition) is 10. The van der Waals surface area contributed by atoms with Crippen LogP contribution < -0.4 is 26.7 Å². The highest BCUT2D eigenvalue weighted by Gasteiger charge is 2.51. The average molecular weight is 745 g/mol. The molecule has 0 aliphatic heterocycles. The molecule has 1 aromatic rings. The summed E-state index contributed by atoms with van der Waals surface area (Å²) in [5, 5.41) is 18.3. The third-order valence-electron chi connectivity index (χ3n) is 7.76. The third kappa shape index (κ3) is 22.1. The smallest absolute Gasteiger partial charge is 0.271 e. The van der Waals surface area contributed by atoms with Gasteiger partial charge in [0.1, 0.15) is 30.3 Å². The van der Waals surface area contributed by atoms with Crippen LogP contribution in [0, 0.1) is 5.41 Å². The summed E-state index contributed by atoms with van der Waals surface area (Å²) in [4.78, 5) is 66.3. The number of allylic oxidation sites excluding steroid dienone is 4. The van der Waals surface area contributed by atoms with Gasteiger partial charge in [0.15, 0.2) is 0 Å². The Hall–Kier alpha value is -4.63. The number of nitrogens with one attached hydrogen (secondary N) is 5. The first-order chi connectivity index (χ1) is 25.5. The fourth-order valence-corrected chi connectivity index (χ4v) is 4.53. The van der Waals surface area contributed by atoms with Crippen molar-refractivity contribution < 1.29 is 38.7 Å². The minimum atomic E-state index is -1.21. The van der Waals surface area contributed by atoms with Crippen LogP contribution in [0.5, 0.6) is 0 Å². The second-order valence-electron chi connectivity index (χ2n) is 11.9. The van der Waals surface area contributed by atoms with Gasteiger partial charge in [0.2, 0.25) is 17.7 Å². The van der Waals surface area contributed by atoms with E-state index >= 15 is 0 Å². The van der Waals surface area contributed by atoms with Gasteiger partial charge in [0, 0.05) is 25.9 Å². The van der Waals surface area contributed by atoms with Crippen LogP contribution in [0.3, 0.4) is 0 Å². The molecule has 1 aliphatic carbocycles. The number of hydrogen-bond donors (Lipinski definition) is 6. The lowest BCUT2D eigenvalue weighted by Crippen LogP contribution is -2.55. The Labute approximate surface area is 316 Å². The number of benzene rings is 1. The zero-order chi connectivity index (χ0) is 40.5. The van der Waals surface area contributed by atoms with Crippen molar-refractivity contribution in [3.63, 3.8) is 0 Å². The second kappa shape index (κ2) is 32.1. The fraction of sp³-hybridized carbons (Fsp3) is 0.513. The number of aliphatic hydroxyl groups is 1. The maximum Gasteiger partial charge on any atom is 0.271 e. The Bertz CT molecular complexity index is 1270. The first-order valence-corrected chi connectivity index (χ1v) is 17.6. The zero-order valence-corrected chi connectivity index (χ0v) is 32.7. The molecule has 298 valence electrons. The Morgan fingerprint density at radius 2 is 1.53 bits per heavy atom. The summed E-state index contributed by atoms with van der Waals surface area (Å²) in [6, 6.07) is 7.17. The van der Waals surface area contributed by atoms with E-state index < -0.39 is 17.2 Å². The molecular formula is C39H64N6O8. The highest BCUT2D eigenvalue weighted by atomic mass is 16.6. The predicted molar refractivity (Wildman–Crippen MR) is 210 cm³/mol. The number of nitrogens with zero attached hydrogens (tertiary/aromatic N) is 1. The van der Waals surface area contributed by atoms with Gasteiger partial charge in [-0.15, -0.1) is 0 Å². The summed E-state index contributed by atoms with van der Waals surface area (Å²) in [6.07, 6.45) is 12.5. The Kier molecular flexibility index (Phi) is 30.5. The van der Waals surface area contributed by atoms with Gasteiger partial charge in [0.05, 0.1) is 13.7 Å². The van der Waals surface area contributed by atoms with Gasteiger partial charge >= 0.3 is 0 Å². The molecule has 6 N–H and O–H groups in total. The van der Waals surface area contributed by atoms with Gasteiger partial charge in [-0.2, -0.15) is 5.48 Å². The van der Waals surface area contributed by atoms with E-state index in [1.54, 1.807) is 18.2 Å². The number of unbranched alkanes of at least 4 members (excludes halogenated alkanes) is 3. The largest absolute Gasteiger partial charge is 0.490 e. The number of anilines is 1. The van der Waals surface area contributed by atoms with Crippen molar-refractivity contribution in [1.29, 1.82) is 0 Å². The lowest BCUT2D eigenvalue weighted by molar-refractivity contribution is -0.149. The lowest BCUT2D eigenvalue weighted by atomic mass is 9.67. The maximum absolute atomic E-state index is 13.5. The lowest BCUT2D eigenvalue weighted by Gasteiger charge is -2.38. The van der Waals surface area contributed by atoms with Gasteiger partial charge in [-0.3, -0.25) is 19.2 Å². The number of rotatable bonds is 22. The summed E-state index contributed by atoms with van der Waals surface area (Å²) in [5.41, 5.74) is 2.85. The molecular weight excluding hydrogens is 680 g/mol. The highest BCUT2D eigenvalue weighted by molar-refractivity contribution is 6.11. The van der Waals surface area contributed by atoms with Gasteiger partial charge in [0.25, 0.3) is 5.91 Å². The summed E-state index contributed by atoms with van der Waals surface area (Å²) in [7, 11) is 6.39. The van der Waals surface area contributed by atoms with Gasteiger partial charge < -0.3 is 45.6 Å². The van der Waals surface area contributed by atoms with E-state index in [9.17, 15) is 19.2 Å². The van der Waals surface area contributed by atoms with Gasteiger partial charge in [-0.05, 0) is 103 Å². The third-order valence-corrected chi connectivity index (χ3v) is 7.76. The van der Waals surface area contributed by atoms with E-state index in [-0.39, 0.29) is 24.1 Å². The number of amides is 4. The van der Waals surface area contributed by atoms with Crippen LogP contribution in [0.4, 0.5) is 5.69 Å². The molecule has 0 atom stereocenters. The summed E-state index contributed by atoms with van der Waals surface area (Å²) < 4.78 is 5.47. The molecule has 0 saturated heterocycles. The van der Waals surface area contributed by atoms with Crippen LogP contribution >= 0.6 is 0 Å². The van der Waals surface area contributed by atoms with E-state index in [1.807, 2.05) is 63.9 Å². The van der Waals surface area contributed by atoms with Crippen molar-refractivity contribution in [2.75, 3.05) is 59.8 Å². The molecule has 1 aromatic carbocycles. The molecule has 0 bridgehead atoms. The number of carbonyl (C=O) groups is 5. The number of aliphatic hydroxyl groups excluding tert-OH is 1. The van der Waals surface area contributed by atoms with Crippen molar-refractivity contribution in [3.05, 3.63) is 78.7 Å². The Morgan fingerprint density at radius 1 is 0.925 bits per heavy atom. The number of hydroxylamine groups is 1. The van der Waals surface area contributed by atoms with Crippen LogP contribution in [-0.2, 0) is 40.2 Å². The molecule has 1 saturated carbocycles.